The number of aromatic nitrogens is 3. The second kappa shape index (κ2) is 7.93. The van der Waals surface area contributed by atoms with Crippen molar-refractivity contribution >= 4 is 40.1 Å². The molecule has 3 aromatic rings. The topological polar surface area (TPSA) is 80.1 Å². The average Bonchev–Trinajstić information content (AvgIpc) is 3.07. The number of carbonyl (C=O) groups is 2. The molecule has 0 saturated heterocycles. The van der Waals surface area contributed by atoms with Gasteiger partial charge in [0.1, 0.15) is 11.3 Å². The summed E-state index contributed by atoms with van der Waals surface area (Å²) in [5.41, 5.74) is 2.20. The summed E-state index contributed by atoms with van der Waals surface area (Å²) in [6.45, 7) is 3.81. The summed E-state index contributed by atoms with van der Waals surface area (Å²) in [6.07, 6.45) is 0. The Morgan fingerprint density at radius 3 is 2.68 bits per heavy atom. The van der Waals surface area contributed by atoms with Crippen LogP contribution >= 0.6 is 11.6 Å². The lowest BCUT2D eigenvalue weighted by molar-refractivity contribution is -0.116. The van der Waals surface area contributed by atoms with Gasteiger partial charge in [-0.3, -0.25) is 9.59 Å². The lowest BCUT2D eigenvalue weighted by Crippen LogP contribution is -2.34. The molecule has 2 aromatic carbocycles. The van der Waals surface area contributed by atoms with Gasteiger partial charge in [0, 0.05) is 24.3 Å². The number of amides is 2. The van der Waals surface area contributed by atoms with E-state index in [1.54, 1.807) is 22.9 Å². The zero-order valence-electron chi connectivity index (χ0n) is 15.6. The van der Waals surface area contributed by atoms with Crippen molar-refractivity contribution in [3.63, 3.8) is 0 Å². The van der Waals surface area contributed by atoms with Crippen LogP contribution in [0.5, 0.6) is 0 Å². The third-order valence-corrected chi connectivity index (χ3v) is 4.43. The Kier molecular flexibility index (Phi) is 5.60. The minimum absolute atomic E-state index is 0.0926. The zero-order valence-corrected chi connectivity index (χ0v) is 16.4. The maximum atomic E-state index is 13.2. The smallest absolute Gasteiger partial charge is 0.254 e. The van der Waals surface area contributed by atoms with E-state index in [-0.39, 0.29) is 23.5 Å². The van der Waals surface area contributed by atoms with Crippen LogP contribution in [0.2, 0.25) is 5.02 Å². The number of hydrogen-bond acceptors (Lipinski definition) is 4. The first-order chi connectivity index (χ1) is 13.3. The number of hydrogen-bond donors (Lipinski definition) is 1. The third kappa shape index (κ3) is 4.12. The van der Waals surface area contributed by atoms with Gasteiger partial charge in [0.15, 0.2) is 0 Å². The molecule has 0 fully saturated rings. The highest BCUT2D eigenvalue weighted by Crippen LogP contribution is 2.20. The molecule has 3 rings (SSSR count). The van der Waals surface area contributed by atoms with E-state index in [1.165, 1.54) is 24.1 Å². The number of carbonyl (C=O) groups excluding carboxylic acids is 2. The van der Waals surface area contributed by atoms with Crippen molar-refractivity contribution in [2.45, 2.75) is 19.9 Å². The van der Waals surface area contributed by atoms with Gasteiger partial charge in [-0.05, 0) is 50.2 Å². The van der Waals surface area contributed by atoms with Crippen molar-refractivity contribution in [1.82, 2.24) is 19.9 Å². The highest BCUT2D eigenvalue weighted by Gasteiger charge is 2.17. The fourth-order valence-corrected chi connectivity index (χ4v) is 2.92. The SMILES string of the molecule is CC(C)n1nnc2cc(C(=O)N(C)CC(=O)Nc3ccc(F)c(Cl)c3)ccc21. The molecule has 146 valence electrons. The first-order valence-electron chi connectivity index (χ1n) is 8.61. The number of benzene rings is 2. The Hall–Kier alpha value is -3.00. The van der Waals surface area contributed by atoms with Crippen LogP contribution in [0.4, 0.5) is 10.1 Å². The quantitative estimate of drug-likeness (QED) is 0.706. The monoisotopic (exact) mass is 403 g/mol. The number of nitrogens with zero attached hydrogens (tertiary/aromatic N) is 4. The van der Waals surface area contributed by atoms with Gasteiger partial charge in [0.25, 0.3) is 5.91 Å². The summed E-state index contributed by atoms with van der Waals surface area (Å²) in [5.74, 6) is -1.32. The number of nitrogens with one attached hydrogen (secondary N) is 1. The molecule has 28 heavy (non-hydrogen) atoms. The molecule has 0 spiro atoms. The molecule has 9 heteroatoms. The zero-order chi connectivity index (χ0) is 20.4. The van der Waals surface area contributed by atoms with E-state index in [2.05, 4.69) is 15.6 Å². The lowest BCUT2D eigenvalue weighted by Gasteiger charge is -2.17. The molecule has 1 heterocycles. The van der Waals surface area contributed by atoms with Crippen LogP contribution in [0.15, 0.2) is 36.4 Å². The van der Waals surface area contributed by atoms with E-state index < -0.39 is 11.7 Å². The van der Waals surface area contributed by atoms with Crippen molar-refractivity contribution in [2.24, 2.45) is 0 Å². The van der Waals surface area contributed by atoms with Crippen LogP contribution < -0.4 is 5.32 Å². The maximum Gasteiger partial charge on any atom is 0.254 e. The largest absolute Gasteiger partial charge is 0.332 e. The first kappa shape index (κ1) is 19.8. The van der Waals surface area contributed by atoms with Crippen LogP contribution in [0.1, 0.15) is 30.2 Å². The second-order valence-electron chi connectivity index (χ2n) is 6.67. The van der Waals surface area contributed by atoms with E-state index in [0.29, 0.717) is 16.8 Å². The number of fused-ring (bicyclic) bond motifs is 1. The van der Waals surface area contributed by atoms with Gasteiger partial charge in [-0.2, -0.15) is 0 Å². The molecule has 7 nitrogen and oxygen atoms in total. The number of halogens is 2. The van der Waals surface area contributed by atoms with Crippen molar-refractivity contribution < 1.29 is 14.0 Å². The van der Waals surface area contributed by atoms with Gasteiger partial charge in [-0.1, -0.05) is 16.8 Å². The fraction of sp³-hybridized carbons (Fsp3) is 0.263. The molecule has 0 bridgehead atoms. The van der Waals surface area contributed by atoms with Crippen LogP contribution in [0.3, 0.4) is 0 Å². The molecular formula is C19H19ClFN5O2. The lowest BCUT2D eigenvalue weighted by atomic mass is 10.1. The second-order valence-corrected chi connectivity index (χ2v) is 7.08. The van der Waals surface area contributed by atoms with Crippen LogP contribution in [0, 0.1) is 5.82 Å². The minimum atomic E-state index is -0.572. The summed E-state index contributed by atoms with van der Waals surface area (Å²) in [4.78, 5) is 26.1. The normalized spacial score (nSPS) is 11.1. The standard InChI is InChI=1S/C19H19ClFN5O2/c1-11(2)26-17-7-4-12(8-16(17)23-24-26)19(28)25(3)10-18(27)22-13-5-6-15(21)14(20)9-13/h4-9,11H,10H2,1-3H3,(H,22,27). The first-order valence-corrected chi connectivity index (χ1v) is 8.99. The van der Waals surface area contributed by atoms with Gasteiger partial charge >= 0.3 is 0 Å². The molecule has 2 amide bonds. The molecule has 1 aromatic heterocycles. The van der Waals surface area contributed by atoms with Gasteiger partial charge in [0.05, 0.1) is 17.1 Å². The van der Waals surface area contributed by atoms with Crippen molar-refractivity contribution in [3.05, 3.63) is 52.8 Å². The number of rotatable bonds is 5. The van der Waals surface area contributed by atoms with E-state index in [1.807, 2.05) is 13.8 Å². The van der Waals surface area contributed by atoms with Crippen LogP contribution in [-0.2, 0) is 4.79 Å². The Morgan fingerprint density at radius 1 is 1.25 bits per heavy atom. The number of anilines is 1. The van der Waals surface area contributed by atoms with E-state index >= 15 is 0 Å². The highest BCUT2D eigenvalue weighted by molar-refractivity contribution is 6.31. The molecule has 0 radical (unpaired) electrons. The molecule has 0 unspecified atom stereocenters. The van der Waals surface area contributed by atoms with Gasteiger partial charge in [-0.25, -0.2) is 9.07 Å². The highest BCUT2D eigenvalue weighted by atomic mass is 35.5. The molecule has 1 N–H and O–H groups in total. The molecule has 0 atom stereocenters. The summed E-state index contributed by atoms with van der Waals surface area (Å²) >= 11 is 5.70. The Balaban J connectivity index is 1.69. The molecular weight excluding hydrogens is 385 g/mol. The summed E-state index contributed by atoms with van der Waals surface area (Å²) in [7, 11) is 1.52. The fourth-order valence-electron chi connectivity index (χ4n) is 2.74. The Bertz CT molecular complexity index is 1050. The van der Waals surface area contributed by atoms with E-state index in [4.69, 9.17) is 11.6 Å². The molecule has 0 saturated carbocycles. The molecule has 0 aliphatic carbocycles. The summed E-state index contributed by atoms with van der Waals surface area (Å²) < 4.78 is 15.0. The van der Waals surface area contributed by atoms with E-state index in [9.17, 15) is 14.0 Å². The van der Waals surface area contributed by atoms with E-state index in [0.717, 1.165) is 11.6 Å². The van der Waals surface area contributed by atoms with Crippen molar-refractivity contribution in [3.8, 4) is 0 Å². The third-order valence-electron chi connectivity index (χ3n) is 4.14. The Morgan fingerprint density at radius 2 is 2.00 bits per heavy atom. The molecule has 0 aliphatic heterocycles. The predicted molar refractivity (Wildman–Crippen MR) is 105 cm³/mol. The van der Waals surface area contributed by atoms with Gasteiger partial charge < -0.3 is 10.2 Å². The van der Waals surface area contributed by atoms with Gasteiger partial charge in [-0.15, -0.1) is 5.10 Å². The summed E-state index contributed by atoms with van der Waals surface area (Å²) in [5, 5.41) is 10.7. The maximum absolute atomic E-state index is 13.2. The minimum Gasteiger partial charge on any atom is -0.332 e. The van der Waals surface area contributed by atoms with Crippen LogP contribution in [0.25, 0.3) is 11.0 Å². The Labute approximate surface area is 166 Å². The average molecular weight is 404 g/mol. The van der Waals surface area contributed by atoms with Crippen molar-refractivity contribution in [1.29, 1.82) is 0 Å². The number of likely N-dealkylation sites (N-methyl/N-ethyl adjacent to an activating group) is 1. The van der Waals surface area contributed by atoms with Gasteiger partial charge in [0.2, 0.25) is 5.91 Å². The predicted octanol–water partition coefficient (Wildman–Crippen LogP) is 3.52. The molecule has 0 aliphatic rings. The van der Waals surface area contributed by atoms with Crippen molar-refractivity contribution in [2.75, 3.05) is 18.9 Å². The summed E-state index contributed by atoms with van der Waals surface area (Å²) in [6, 6.07) is 9.13. The van der Waals surface area contributed by atoms with Crippen LogP contribution in [-0.4, -0.2) is 45.3 Å².